The second-order valence-corrected chi connectivity index (χ2v) is 9.11. The smallest absolute Gasteiger partial charge is 0.406 e. The summed E-state index contributed by atoms with van der Waals surface area (Å²) >= 11 is 0. The van der Waals surface area contributed by atoms with E-state index in [1.807, 2.05) is 0 Å². The first-order chi connectivity index (χ1) is 15.3. The summed E-state index contributed by atoms with van der Waals surface area (Å²) in [7, 11) is -1.20. The van der Waals surface area contributed by atoms with E-state index in [0.29, 0.717) is 0 Å². The molecule has 33 heavy (non-hydrogen) atoms. The normalized spacial score (nSPS) is 12.5. The molecule has 1 heterocycles. The first-order valence-corrected chi connectivity index (χ1v) is 10.8. The zero-order valence-electron chi connectivity index (χ0n) is 17.7. The number of ether oxygens (including phenoxy) is 1. The summed E-state index contributed by atoms with van der Waals surface area (Å²) in [5.74, 6) is -1.49. The van der Waals surface area contributed by atoms with Crippen molar-refractivity contribution in [2.75, 3.05) is 14.1 Å². The second kappa shape index (κ2) is 8.63. The number of halogens is 3. The molecule has 0 N–H and O–H groups in total. The Morgan fingerprint density at radius 1 is 1.12 bits per heavy atom. The number of Topliss-reactive ketones (excluding diaryl/α,β-unsaturated/α-hetero) is 1. The lowest BCUT2D eigenvalue weighted by Gasteiger charge is -2.13. The molecule has 0 atom stereocenters. The molecule has 2 aromatic carbocycles. The number of carbonyl (C=O) groups excluding carboxylic acids is 1. The van der Waals surface area contributed by atoms with Crippen LogP contribution < -0.4 is 4.74 Å². The number of rotatable bonds is 6. The highest BCUT2D eigenvalue weighted by atomic mass is 32.2. The van der Waals surface area contributed by atoms with Crippen LogP contribution in [0.2, 0.25) is 0 Å². The Labute approximate surface area is 188 Å². The molecule has 0 saturated heterocycles. The molecule has 0 fully saturated rings. The van der Waals surface area contributed by atoms with Crippen LogP contribution in [0.1, 0.15) is 16.1 Å². The maximum Gasteiger partial charge on any atom is 0.573 e. The maximum absolute atomic E-state index is 13.5. The summed E-state index contributed by atoms with van der Waals surface area (Å²) in [5, 5.41) is 9.44. The number of carbonyl (C=O) groups is 1. The molecule has 0 aliphatic heterocycles. The minimum atomic E-state index is -4.95. The quantitative estimate of drug-likeness (QED) is 0.300. The van der Waals surface area contributed by atoms with E-state index < -0.39 is 33.6 Å². The maximum atomic E-state index is 13.5. The van der Waals surface area contributed by atoms with Gasteiger partial charge in [-0.3, -0.25) is 4.79 Å². The molecular weight excluding hydrogens is 459 g/mol. The Bertz CT molecular complexity index is 1400. The predicted octanol–water partition coefficient (Wildman–Crippen LogP) is 4.24. The summed E-state index contributed by atoms with van der Waals surface area (Å²) in [6.07, 6.45) is -3.73. The Morgan fingerprint density at radius 3 is 2.30 bits per heavy atom. The van der Waals surface area contributed by atoms with E-state index >= 15 is 0 Å². The molecule has 11 heteroatoms. The van der Waals surface area contributed by atoms with Gasteiger partial charge in [-0.1, -0.05) is 17.7 Å². The van der Waals surface area contributed by atoms with E-state index in [2.05, 4.69) is 4.74 Å². The second-order valence-electron chi connectivity index (χ2n) is 7.33. The van der Waals surface area contributed by atoms with Gasteiger partial charge in [0.2, 0.25) is 5.78 Å². The van der Waals surface area contributed by atoms with E-state index in [0.717, 1.165) is 33.8 Å². The largest absolute Gasteiger partial charge is 0.573 e. The zero-order chi connectivity index (χ0) is 24.6. The number of aryl methyl sites for hydroxylation is 1. The van der Waals surface area contributed by atoms with Crippen molar-refractivity contribution in [3.63, 3.8) is 0 Å². The number of hydrogen-bond donors (Lipinski definition) is 0. The molecule has 0 aliphatic carbocycles. The van der Waals surface area contributed by atoms with Crippen LogP contribution in [0.15, 0.2) is 65.2 Å². The molecule has 7 nitrogen and oxygen atoms in total. The number of hydrogen-bond acceptors (Lipinski definition) is 6. The first-order valence-electron chi connectivity index (χ1n) is 9.40. The van der Waals surface area contributed by atoms with Gasteiger partial charge in [-0.25, -0.2) is 12.4 Å². The minimum absolute atomic E-state index is 0.0120. The van der Waals surface area contributed by atoms with Crippen molar-refractivity contribution in [2.24, 2.45) is 0 Å². The van der Waals surface area contributed by atoms with Crippen LogP contribution in [0.5, 0.6) is 5.75 Å². The lowest BCUT2D eigenvalue weighted by atomic mass is 10.1. The van der Waals surface area contributed by atoms with E-state index in [9.17, 15) is 31.6 Å². The highest BCUT2D eigenvalue weighted by Gasteiger charge is 2.32. The fraction of sp³-hybridized carbons (Fsp3) is 0.182. The number of fused-ring (bicyclic) bond motifs is 1. The molecule has 172 valence electrons. The van der Waals surface area contributed by atoms with Gasteiger partial charge < -0.3 is 9.64 Å². The fourth-order valence-corrected chi connectivity index (χ4v) is 4.64. The average molecular weight is 477 g/mol. The molecule has 0 amide bonds. The van der Waals surface area contributed by atoms with Crippen molar-refractivity contribution in [1.29, 1.82) is 5.26 Å². The van der Waals surface area contributed by atoms with Gasteiger partial charge >= 0.3 is 6.36 Å². The number of nitrogens with zero attached hydrogens (tertiary/aromatic N) is 3. The zero-order valence-corrected chi connectivity index (χ0v) is 18.5. The van der Waals surface area contributed by atoms with Crippen molar-refractivity contribution in [3.8, 4) is 11.8 Å². The molecule has 0 spiro atoms. The third-order valence-corrected chi connectivity index (χ3v) is 6.25. The molecule has 3 rings (SSSR count). The van der Waals surface area contributed by atoms with Gasteiger partial charge in [0.25, 0.3) is 10.0 Å². The lowest BCUT2D eigenvalue weighted by Crippen LogP contribution is -2.20. The van der Waals surface area contributed by atoms with Gasteiger partial charge in [0.15, 0.2) is 0 Å². The summed E-state index contributed by atoms with van der Waals surface area (Å²) in [6.45, 7) is 1.77. The third-order valence-electron chi connectivity index (χ3n) is 4.51. The van der Waals surface area contributed by atoms with Crippen LogP contribution in [-0.4, -0.2) is 43.5 Å². The van der Waals surface area contributed by atoms with Crippen LogP contribution in [0.25, 0.3) is 10.9 Å². The lowest BCUT2D eigenvalue weighted by molar-refractivity contribution is -0.274. The standard InChI is InChI=1S/C22H18F3N3O4S/c1-14-4-7-18(8-5-14)33(30,31)28-19-9-6-17(32-22(23,24)25)10-15(19)11-20(28)21(29)16(12-26)13-27(2)3/h4-11,13H,1-3H3. The summed E-state index contributed by atoms with van der Waals surface area (Å²) in [6, 6.07) is 11.7. The van der Waals surface area contributed by atoms with Crippen LogP contribution in [-0.2, 0) is 10.0 Å². The van der Waals surface area contributed by atoms with Gasteiger partial charge in [0.1, 0.15) is 23.1 Å². The van der Waals surface area contributed by atoms with Gasteiger partial charge in [-0.2, -0.15) is 5.26 Å². The highest BCUT2D eigenvalue weighted by molar-refractivity contribution is 7.90. The Balaban J connectivity index is 2.31. The van der Waals surface area contributed by atoms with Crippen molar-refractivity contribution < 1.29 is 31.1 Å². The Kier molecular flexibility index (Phi) is 6.24. The molecule has 1 aromatic heterocycles. The van der Waals surface area contributed by atoms with Crippen molar-refractivity contribution in [3.05, 3.63) is 71.6 Å². The summed E-state index contributed by atoms with van der Waals surface area (Å²) in [4.78, 5) is 14.4. The monoisotopic (exact) mass is 477 g/mol. The molecule has 3 aromatic rings. The number of alkyl halides is 3. The first kappa shape index (κ1) is 23.9. The van der Waals surface area contributed by atoms with Crippen molar-refractivity contribution in [2.45, 2.75) is 18.2 Å². The average Bonchev–Trinajstić information content (AvgIpc) is 3.10. The van der Waals surface area contributed by atoms with Crippen molar-refractivity contribution in [1.82, 2.24) is 8.87 Å². The van der Waals surface area contributed by atoms with Gasteiger partial charge in [-0.15, -0.1) is 13.2 Å². The number of allylic oxidation sites excluding steroid dienone is 1. The van der Waals surface area contributed by atoms with Crippen LogP contribution in [0, 0.1) is 18.3 Å². The van der Waals surface area contributed by atoms with Crippen LogP contribution in [0.4, 0.5) is 13.2 Å². The number of nitriles is 1. The van der Waals surface area contributed by atoms with E-state index in [1.54, 1.807) is 39.2 Å². The topological polar surface area (TPSA) is 92.4 Å². The van der Waals surface area contributed by atoms with Gasteiger partial charge in [0.05, 0.1) is 10.4 Å². The van der Waals surface area contributed by atoms with Gasteiger partial charge in [-0.05, 0) is 43.3 Å². The SMILES string of the molecule is Cc1ccc(S(=O)(=O)n2c(C(=O)C(C#N)=CN(C)C)cc3cc(OC(F)(F)F)ccc32)cc1. The van der Waals surface area contributed by atoms with E-state index in [4.69, 9.17) is 0 Å². The molecule has 0 radical (unpaired) electrons. The molecule has 0 bridgehead atoms. The molecule has 0 saturated carbocycles. The van der Waals surface area contributed by atoms with E-state index in [-0.39, 0.29) is 21.4 Å². The fourth-order valence-electron chi connectivity index (χ4n) is 3.13. The summed E-state index contributed by atoms with van der Waals surface area (Å²) in [5.41, 5.74) is 0.00661. The summed E-state index contributed by atoms with van der Waals surface area (Å²) < 4.78 is 69.5. The predicted molar refractivity (Wildman–Crippen MR) is 114 cm³/mol. The van der Waals surface area contributed by atoms with Gasteiger partial charge in [0, 0.05) is 25.7 Å². The molecular formula is C22H18F3N3O4S. The number of benzene rings is 2. The number of ketones is 1. The van der Waals surface area contributed by atoms with Crippen LogP contribution in [0.3, 0.4) is 0 Å². The Morgan fingerprint density at radius 2 is 1.76 bits per heavy atom. The minimum Gasteiger partial charge on any atom is -0.406 e. The van der Waals surface area contributed by atoms with Crippen LogP contribution >= 0.6 is 0 Å². The third kappa shape index (κ3) is 5.01. The Hall–Kier alpha value is -3.78. The molecule has 0 unspecified atom stereocenters. The van der Waals surface area contributed by atoms with Crippen molar-refractivity contribution >= 4 is 26.7 Å². The molecule has 0 aliphatic rings. The highest BCUT2D eigenvalue weighted by Crippen LogP contribution is 2.32. The number of aromatic nitrogens is 1. The van der Waals surface area contributed by atoms with E-state index in [1.165, 1.54) is 23.2 Å².